The molecule has 0 aromatic carbocycles. The summed E-state index contributed by atoms with van der Waals surface area (Å²) in [4.78, 5) is 41.7. The Morgan fingerprint density at radius 1 is 1.29 bits per heavy atom. The van der Waals surface area contributed by atoms with Crippen LogP contribution in [0.3, 0.4) is 0 Å². The second-order valence-corrected chi connectivity index (χ2v) is 11.1. The minimum absolute atomic E-state index is 0.341. The molecule has 35 heavy (non-hydrogen) atoms. The normalized spacial score (nSPS) is 28.4. The lowest BCUT2D eigenvalue weighted by molar-refractivity contribution is -0.106. The van der Waals surface area contributed by atoms with E-state index in [1.165, 1.54) is 0 Å². The molecule has 0 saturated carbocycles. The Kier molecular flexibility index (Phi) is 7.40. The van der Waals surface area contributed by atoms with Gasteiger partial charge in [-0.15, -0.1) is 0 Å². The zero-order chi connectivity index (χ0) is 26.4. The highest BCUT2D eigenvalue weighted by Gasteiger charge is 2.58. The van der Waals surface area contributed by atoms with Crippen molar-refractivity contribution in [3.63, 3.8) is 0 Å². The molecule has 3 rings (SSSR count). The molecule has 0 spiro atoms. The van der Waals surface area contributed by atoms with Crippen LogP contribution in [0.5, 0.6) is 0 Å². The number of nitrogen functional groups attached to an aromatic ring is 1. The molecule has 3 unspecified atom stereocenters. The Morgan fingerprint density at radius 3 is 2.54 bits per heavy atom. The van der Waals surface area contributed by atoms with Crippen molar-refractivity contribution in [2.45, 2.75) is 24.1 Å². The summed E-state index contributed by atoms with van der Waals surface area (Å²) >= 11 is 0. The molecule has 0 bridgehead atoms. The van der Waals surface area contributed by atoms with Gasteiger partial charge in [0.1, 0.15) is 24.1 Å². The molecule has 1 fully saturated rings. The van der Waals surface area contributed by atoms with E-state index in [-0.39, 0.29) is 11.3 Å². The van der Waals surface area contributed by atoms with Crippen molar-refractivity contribution in [2.75, 3.05) is 12.3 Å². The molecule has 0 amide bonds. The lowest BCUT2D eigenvalue weighted by Gasteiger charge is -2.27. The Bertz CT molecular complexity index is 1330. The molecule has 19 nitrogen and oxygen atoms in total. The molecule has 2 aromatic rings. The van der Waals surface area contributed by atoms with Gasteiger partial charge in [-0.1, -0.05) is 5.11 Å². The number of alkyl halides is 1. The third kappa shape index (κ3) is 5.84. The smallest absolute Gasteiger partial charge is 0.387 e. The Hall–Kier alpha value is -2.08. The number of ether oxygens (including phenoxy) is 1. The molecule has 24 heteroatoms. The van der Waals surface area contributed by atoms with E-state index in [1.807, 2.05) is 0 Å². The molecule has 0 radical (unpaired) electrons. The highest BCUT2D eigenvalue weighted by Crippen LogP contribution is 2.66. The van der Waals surface area contributed by atoms with Gasteiger partial charge in [-0.3, -0.25) is 4.52 Å². The Labute approximate surface area is 191 Å². The van der Waals surface area contributed by atoms with Crippen LogP contribution in [0.15, 0.2) is 17.5 Å². The zero-order valence-corrected chi connectivity index (χ0v) is 19.2. The minimum Gasteiger partial charge on any atom is -0.387 e. The fourth-order valence-corrected chi connectivity index (χ4v) is 6.07. The number of hydrogen-bond acceptors (Lipinski definition) is 12. The maximum atomic E-state index is 15.0. The van der Waals surface area contributed by atoms with E-state index in [1.54, 1.807) is 0 Å². The molecule has 1 aliphatic rings. The number of rotatable bonds is 9. The van der Waals surface area contributed by atoms with Gasteiger partial charge < -0.3 is 35.2 Å². The van der Waals surface area contributed by atoms with Crippen LogP contribution in [0.25, 0.3) is 16.0 Å². The van der Waals surface area contributed by atoms with Crippen LogP contribution >= 0.6 is 23.5 Å². The van der Waals surface area contributed by atoms with Gasteiger partial charge in [-0.05, 0) is 5.53 Å². The molecular formula is C11H14F2N7O12P3. The van der Waals surface area contributed by atoms with Crippen LogP contribution in [0.2, 0.25) is 0 Å². The number of aliphatic hydroxyl groups excluding tert-OH is 1. The fourth-order valence-electron chi connectivity index (χ4n) is 3.02. The number of anilines is 1. The summed E-state index contributed by atoms with van der Waals surface area (Å²) in [6.45, 7) is -1.53. The first-order valence-electron chi connectivity index (χ1n) is 8.63. The number of phosphoric ester groups is 1. The third-order valence-corrected chi connectivity index (χ3v) is 8.09. The van der Waals surface area contributed by atoms with Crippen LogP contribution in [-0.2, 0) is 31.6 Å². The molecule has 1 aliphatic heterocycles. The summed E-state index contributed by atoms with van der Waals surface area (Å²) < 4.78 is 80.8. The predicted molar refractivity (Wildman–Crippen MR) is 104 cm³/mol. The molecule has 1 saturated heterocycles. The van der Waals surface area contributed by atoms with Crippen molar-refractivity contribution in [1.29, 1.82) is 0 Å². The van der Waals surface area contributed by atoms with Crippen molar-refractivity contribution in [2.24, 2.45) is 5.11 Å². The topological polar surface area (TPSA) is 294 Å². The van der Waals surface area contributed by atoms with Crippen LogP contribution in [-0.4, -0.2) is 63.9 Å². The first-order valence-corrected chi connectivity index (χ1v) is 13.2. The number of hydrogen-bond donors (Lipinski definition) is 6. The maximum Gasteiger partial charge on any atom is 0.490 e. The molecule has 2 aromatic heterocycles. The predicted octanol–water partition coefficient (Wildman–Crippen LogP) is 0.571. The van der Waals surface area contributed by atoms with Gasteiger partial charge in [0, 0.05) is 11.0 Å². The summed E-state index contributed by atoms with van der Waals surface area (Å²) in [5.74, 6) is -1.36. The molecular weight excluding hydrogens is 553 g/mol. The van der Waals surface area contributed by atoms with E-state index < -0.39 is 65.7 Å². The minimum atomic E-state index is -5.90. The van der Waals surface area contributed by atoms with Gasteiger partial charge in [-0.25, -0.2) is 32.0 Å². The van der Waals surface area contributed by atoms with Crippen LogP contribution in [0.1, 0.15) is 11.8 Å². The van der Waals surface area contributed by atoms with E-state index in [0.717, 1.165) is 16.9 Å². The summed E-state index contributed by atoms with van der Waals surface area (Å²) in [6, 6.07) is 0.721. The maximum absolute atomic E-state index is 15.0. The Balaban J connectivity index is 1.89. The van der Waals surface area contributed by atoms with Crippen molar-refractivity contribution in [1.82, 2.24) is 14.6 Å². The van der Waals surface area contributed by atoms with Crippen LogP contribution in [0, 0.1) is 5.82 Å². The van der Waals surface area contributed by atoms with Crippen LogP contribution < -0.4 is 5.73 Å². The summed E-state index contributed by atoms with van der Waals surface area (Å²) in [5, 5.41) is 17.1. The van der Waals surface area contributed by atoms with Crippen molar-refractivity contribution >= 4 is 34.8 Å². The number of halogens is 2. The molecule has 194 valence electrons. The van der Waals surface area contributed by atoms with E-state index in [4.69, 9.17) is 25.8 Å². The second-order valence-electron chi connectivity index (χ2n) is 6.65. The van der Waals surface area contributed by atoms with Crippen molar-refractivity contribution in [3.8, 4) is 0 Å². The highest BCUT2D eigenvalue weighted by atomic mass is 31.3. The van der Waals surface area contributed by atoms with Gasteiger partial charge in [0.25, 0.3) is 0 Å². The van der Waals surface area contributed by atoms with Crippen molar-refractivity contribution < 1.29 is 65.0 Å². The molecule has 3 heterocycles. The first-order chi connectivity index (χ1) is 16.0. The van der Waals surface area contributed by atoms with Crippen LogP contribution in [0.4, 0.5) is 14.6 Å². The van der Waals surface area contributed by atoms with Gasteiger partial charge >= 0.3 is 23.5 Å². The lowest BCUT2D eigenvalue weighted by atomic mass is 10.0. The second kappa shape index (κ2) is 9.42. The van der Waals surface area contributed by atoms with Crippen molar-refractivity contribution in [3.05, 3.63) is 34.3 Å². The van der Waals surface area contributed by atoms with E-state index in [2.05, 4.69) is 33.3 Å². The van der Waals surface area contributed by atoms with E-state index in [0.29, 0.717) is 0 Å². The standard InChI is InChI=1S/C11H14F2N7O12P3/c12-4-1-5(20-7(4)10(14)16-3-17-20)8-6(13)9(21)11(30-8,18-19-15)2-29-34(25,26)32-35(27,28)31-33(22,23)24/h1,3,6,8-9,21H,2H2,(H,25,26)(H,27,28)(H2,14,16,17)(H2,22,23,24)/t6-,8-,9-,11?/m0/s1. The SMILES string of the molecule is [N-]=[N+]=NC1(COP(=O)(O)OP(=O)(O)OP(=O)(O)O)O[C@@H](c2cc(F)c3c(N)ncnn23)[C@H](F)[C@@H]1O. The molecule has 0 aliphatic carbocycles. The number of nitrogens with two attached hydrogens (primary N) is 1. The lowest BCUT2D eigenvalue weighted by Crippen LogP contribution is -2.44. The first kappa shape index (κ1) is 27.5. The molecule has 6 atom stereocenters. The number of fused-ring (bicyclic) bond motifs is 1. The Morgan fingerprint density at radius 2 is 1.94 bits per heavy atom. The summed E-state index contributed by atoms with van der Waals surface area (Å²) in [5.41, 5.74) is 10.8. The number of aliphatic hydroxyl groups is 1. The largest absolute Gasteiger partial charge is 0.490 e. The van der Waals surface area contributed by atoms with Gasteiger partial charge in [-0.2, -0.15) is 13.7 Å². The third-order valence-electron chi connectivity index (χ3n) is 4.30. The number of nitrogens with zero attached hydrogens (tertiary/aromatic N) is 6. The quantitative estimate of drug-likeness (QED) is 0.104. The van der Waals surface area contributed by atoms with E-state index >= 15 is 4.39 Å². The fraction of sp³-hybridized carbons (Fsp3) is 0.455. The summed E-state index contributed by atoms with van der Waals surface area (Å²) in [7, 11) is -17.4. The van der Waals surface area contributed by atoms with E-state index in [9.17, 15) is 33.0 Å². The summed E-state index contributed by atoms with van der Waals surface area (Å²) in [6.07, 6.45) is -5.99. The average molecular weight is 567 g/mol. The monoisotopic (exact) mass is 567 g/mol. The van der Waals surface area contributed by atoms with Gasteiger partial charge in [0.2, 0.25) is 0 Å². The van der Waals surface area contributed by atoms with Gasteiger partial charge in [0.15, 0.2) is 23.5 Å². The number of azide groups is 1. The highest BCUT2D eigenvalue weighted by molar-refractivity contribution is 7.66. The molecule has 7 N–H and O–H groups in total. The number of phosphoric acid groups is 3. The van der Waals surface area contributed by atoms with Gasteiger partial charge in [0.05, 0.1) is 12.3 Å². The number of aromatic nitrogens is 3. The zero-order valence-electron chi connectivity index (χ0n) is 16.5. The average Bonchev–Trinajstić information content (AvgIpc) is 3.15.